The van der Waals surface area contributed by atoms with E-state index in [0.29, 0.717) is 6.54 Å². The van der Waals surface area contributed by atoms with Crippen LogP contribution in [0.1, 0.15) is 5.69 Å². The fourth-order valence-corrected chi connectivity index (χ4v) is 2.95. The summed E-state index contributed by atoms with van der Waals surface area (Å²) in [6.45, 7) is 1.38. The van der Waals surface area contributed by atoms with Crippen molar-refractivity contribution in [2.45, 2.75) is 6.54 Å². The van der Waals surface area contributed by atoms with E-state index in [0.717, 1.165) is 35.0 Å². The first-order valence-corrected chi connectivity index (χ1v) is 7.69. The maximum Gasteiger partial charge on any atom is 0.153 e. The molecule has 3 aromatic rings. The molecule has 1 aliphatic heterocycles. The Balaban J connectivity index is 1.70. The van der Waals surface area contributed by atoms with E-state index in [1.54, 1.807) is 18.5 Å². The fraction of sp³-hybridized carbons (Fsp3) is 0.167. The van der Waals surface area contributed by atoms with Crippen LogP contribution >= 0.6 is 0 Å². The van der Waals surface area contributed by atoms with Gasteiger partial charge in [-0.1, -0.05) is 12.1 Å². The van der Waals surface area contributed by atoms with Crippen LogP contribution in [0.2, 0.25) is 0 Å². The molecule has 0 radical (unpaired) electrons. The molecule has 24 heavy (non-hydrogen) atoms. The van der Waals surface area contributed by atoms with Crippen LogP contribution in [0.4, 0.5) is 15.9 Å². The summed E-state index contributed by atoms with van der Waals surface area (Å²) in [5.74, 6) is 0.667. The molecule has 0 bridgehead atoms. The van der Waals surface area contributed by atoms with Gasteiger partial charge in [0.2, 0.25) is 0 Å². The summed E-state index contributed by atoms with van der Waals surface area (Å²) < 4.78 is 13.5. The smallest absolute Gasteiger partial charge is 0.153 e. The first kappa shape index (κ1) is 14.6. The average Bonchev–Trinajstić information content (AvgIpc) is 2.91. The van der Waals surface area contributed by atoms with Crippen molar-refractivity contribution < 1.29 is 4.39 Å². The van der Waals surface area contributed by atoms with Gasteiger partial charge in [-0.3, -0.25) is 0 Å². The Kier molecular flexibility index (Phi) is 3.57. The van der Waals surface area contributed by atoms with Crippen LogP contribution in [0.3, 0.4) is 0 Å². The van der Waals surface area contributed by atoms with Crippen LogP contribution in [0.15, 0.2) is 54.9 Å². The SMILES string of the molecule is CN1CN(Cc2cccnn2)c2cc(-c3cccc(F)c3)cnc21. The molecule has 0 unspecified atom stereocenters. The normalized spacial score (nSPS) is 13.2. The number of benzene rings is 1. The zero-order chi connectivity index (χ0) is 16.5. The molecule has 2 aromatic heterocycles. The van der Waals surface area contributed by atoms with Crippen LogP contribution in [0, 0.1) is 5.82 Å². The summed E-state index contributed by atoms with van der Waals surface area (Å²) in [7, 11) is 2.00. The minimum absolute atomic E-state index is 0.249. The van der Waals surface area contributed by atoms with Crippen LogP contribution < -0.4 is 9.80 Å². The topological polar surface area (TPSA) is 45.2 Å². The minimum atomic E-state index is -0.249. The molecule has 0 spiro atoms. The van der Waals surface area contributed by atoms with Crippen molar-refractivity contribution in [2.24, 2.45) is 0 Å². The molecule has 0 saturated carbocycles. The highest BCUT2D eigenvalue weighted by atomic mass is 19.1. The molecular weight excluding hydrogens is 305 g/mol. The number of pyridine rings is 1. The van der Waals surface area contributed by atoms with E-state index in [-0.39, 0.29) is 5.82 Å². The Morgan fingerprint density at radius 2 is 2.04 bits per heavy atom. The number of anilines is 2. The van der Waals surface area contributed by atoms with E-state index in [9.17, 15) is 4.39 Å². The lowest BCUT2D eigenvalue weighted by atomic mass is 10.1. The third-order valence-corrected chi connectivity index (χ3v) is 4.07. The number of nitrogens with zero attached hydrogens (tertiary/aromatic N) is 5. The highest BCUT2D eigenvalue weighted by molar-refractivity contribution is 5.78. The summed E-state index contributed by atoms with van der Waals surface area (Å²) in [6.07, 6.45) is 3.45. The molecule has 1 aliphatic rings. The van der Waals surface area contributed by atoms with Gasteiger partial charge in [0.1, 0.15) is 5.82 Å². The third-order valence-electron chi connectivity index (χ3n) is 4.07. The van der Waals surface area contributed by atoms with Gasteiger partial charge in [-0.25, -0.2) is 9.37 Å². The Morgan fingerprint density at radius 1 is 1.12 bits per heavy atom. The second kappa shape index (κ2) is 5.88. The standard InChI is InChI=1S/C18H16FN5/c1-23-12-24(11-16-6-3-7-21-22-16)17-9-14(10-20-18(17)23)13-4-2-5-15(19)8-13/h2-10H,11-12H2,1H3. The maximum atomic E-state index is 13.5. The Morgan fingerprint density at radius 3 is 2.83 bits per heavy atom. The highest BCUT2D eigenvalue weighted by Gasteiger charge is 2.25. The van der Waals surface area contributed by atoms with Gasteiger partial charge < -0.3 is 9.80 Å². The van der Waals surface area contributed by atoms with E-state index in [1.807, 2.05) is 25.2 Å². The Hall–Kier alpha value is -3.02. The van der Waals surface area contributed by atoms with Crippen molar-refractivity contribution in [1.29, 1.82) is 0 Å². The third kappa shape index (κ3) is 2.67. The first-order valence-electron chi connectivity index (χ1n) is 7.69. The molecule has 0 saturated heterocycles. The Labute approximate surface area is 139 Å². The molecule has 0 atom stereocenters. The zero-order valence-corrected chi connectivity index (χ0v) is 13.2. The number of halogens is 1. The Bertz CT molecular complexity index is 868. The van der Waals surface area contributed by atoms with Crippen LogP contribution in [0.25, 0.3) is 11.1 Å². The van der Waals surface area contributed by atoms with E-state index >= 15 is 0 Å². The summed E-state index contributed by atoms with van der Waals surface area (Å²) in [4.78, 5) is 8.84. The van der Waals surface area contributed by atoms with Gasteiger partial charge in [-0.15, -0.1) is 0 Å². The largest absolute Gasteiger partial charge is 0.345 e. The predicted molar refractivity (Wildman–Crippen MR) is 91.1 cm³/mol. The zero-order valence-electron chi connectivity index (χ0n) is 13.2. The van der Waals surface area contributed by atoms with Gasteiger partial charge in [-0.05, 0) is 35.9 Å². The molecule has 3 heterocycles. The molecule has 120 valence electrons. The molecular formula is C18H16FN5. The fourth-order valence-electron chi connectivity index (χ4n) is 2.95. The molecule has 5 nitrogen and oxygen atoms in total. The number of hydrogen-bond donors (Lipinski definition) is 0. The number of hydrogen-bond acceptors (Lipinski definition) is 5. The molecule has 0 amide bonds. The van der Waals surface area contributed by atoms with Gasteiger partial charge in [0.05, 0.1) is 24.6 Å². The summed E-state index contributed by atoms with van der Waals surface area (Å²) in [5.41, 5.74) is 3.63. The molecule has 1 aromatic carbocycles. The molecule has 0 N–H and O–H groups in total. The van der Waals surface area contributed by atoms with Crippen molar-refractivity contribution in [2.75, 3.05) is 23.5 Å². The quantitative estimate of drug-likeness (QED) is 0.742. The second-order valence-electron chi connectivity index (χ2n) is 5.83. The van der Waals surface area contributed by atoms with Gasteiger partial charge in [0, 0.05) is 25.0 Å². The van der Waals surface area contributed by atoms with Gasteiger partial charge in [0.25, 0.3) is 0 Å². The van der Waals surface area contributed by atoms with Gasteiger partial charge in [-0.2, -0.15) is 10.2 Å². The van der Waals surface area contributed by atoms with Crippen LogP contribution in [0.5, 0.6) is 0 Å². The molecule has 0 aliphatic carbocycles. The van der Waals surface area contributed by atoms with Crippen molar-refractivity contribution in [3.8, 4) is 11.1 Å². The van der Waals surface area contributed by atoms with Crippen molar-refractivity contribution in [3.63, 3.8) is 0 Å². The lowest BCUT2D eigenvalue weighted by Gasteiger charge is -2.18. The van der Waals surface area contributed by atoms with E-state index in [2.05, 4.69) is 31.0 Å². The molecule has 0 fully saturated rings. The summed E-state index contributed by atoms with van der Waals surface area (Å²) in [5, 5.41) is 8.08. The minimum Gasteiger partial charge on any atom is -0.345 e. The summed E-state index contributed by atoms with van der Waals surface area (Å²) in [6, 6.07) is 12.4. The van der Waals surface area contributed by atoms with Crippen molar-refractivity contribution in [1.82, 2.24) is 15.2 Å². The predicted octanol–water partition coefficient (Wildman–Crippen LogP) is 3.09. The van der Waals surface area contributed by atoms with E-state index < -0.39 is 0 Å². The average molecular weight is 321 g/mol. The number of aromatic nitrogens is 3. The molecule has 4 rings (SSSR count). The van der Waals surface area contributed by atoms with Crippen LogP contribution in [-0.4, -0.2) is 28.9 Å². The highest BCUT2D eigenvalue weighted by Crippen LogP contribution is 2.36. The second-order valence-corrected chi connectivity index (χ2v) is 5.83. The number of rotatable bonds is 3. The van der Waals surface area contributed by atoms with Crippen molar-refractivity contribution >= 4 is 11.5 Å². The first-order chi connectivity index (χ1) is 11.7. The van der Waals surface area contributed by atoms with Gasteiger partial charge >= 0.3 is 0 Å². The lowest BCUT2D eigenvalue weighted by molar-refractivity contribution is 0.628. The maximum absolute atomic E-state index is 13.5. The van der Waals surface area contributed by atoms with Crippen molar-refractivity contribution in [3.05, 3.63) is 66.4 Å². The molecule has 6 heteroatoms. The van der Waals surface area contributed by atoms with E-state index in [4.69, 9.17) is 0 Å². The van der Waals surface area contributed by atoms with Gasteiger partial charge in [0.15, 0.2) is 5.82 Å². The van der Waals surface area contributed by atoms with Crippen LogP contribution in [-0.2, 0) is 6.54 Å². The monoisotopic (exact) mass is 321 g/mol. The summed E-state index contributed by atoms with van der Waals surface area (Å²) >= 11 is 0. The number of fused-ring (bicyclic) bond motifs is 1. The van der Waals surface area contributed by atoms with E-state index in [1.165, 1.54) is 12.1 Å². The lowest BCUT2D eigenvalue weighted by Crippen LogP contribution is -2.28.